The third-order valence-corrected chi connectivity index (χ3v) is 2.26. The second kappa shape index (κ2) is 3.56. The van der Waals surface area contributed by atoms with Gasteiger partial charge in [0.2, 0.25) is 5.78 Å². The number of rotatable bonds is 2. The summed E-state index contributed by atoms with van der Waals surface area (Å²) in [5.74, 6) is -0.287. The number of nitrogens with two attached hydrogens (primary N) is 1. The number of carbonyl (C=O) groups is 2. The highest BCUT2D eigenvalue weighted by molar-refractivity contribution is 6.19. The molecular formula is C10H13NO2. The van der Waals surface area contributed by atoms with Gasteiger partial charge in [-0.25, -0.2) is 0 Å². The van der Waals surface area contributed by atoms with Gasteiger partial charge >= 0.3 is 0 Å². The fourth-order valence-electron chi connectivity index (χ4n) is 1.23. The molecule has 0 fully saturated rings. The molecule has 0 saturated carbocycles. The lowest BCUT2D eigenvalue weighted by Crippen LogP contribution is -2.23. The molecule has 0 aromatic heterocycles. The zero-order chi connectivity index (χ0) is 10.0. The third kappa shape index (κ3) is 1.86. The van der Waals surface area contributed by atoms with Crippen molar-refractivity contribution in [2.75, 3.05) is 0 Å². The molecule has 0 aromatic rings. The molecule has 70 valence electrons. The first-order valence-electron chi connectivity index (χ1n) is 4.33. The normalized spacial score (nSPS) is 19.5. The summed E-state index contributed by atoms with van der Waals surface area (Å²) in [4.78, 5) is 22.5. The quantitative estimate of drug-likeness (QED) is 0.642. The maximum Gasteiger partial charge on any atom is 0.205 e. The van der Waals surface area contributed by atoms with Crippen molar-refractivity contribution in [3.63, 3.8) is 0 Å². The van der Waals surface area contributed by atoms with Gasteiger partial charge in [0.1, 0.15) is 0 Å². The fraction of sp³-hybridized carbons (Fsp3) is 0.400. The van der Waals surface area contributed by atoms with Gasteiger partial charge in [-0.3, -0.25) is 9.59 Å². The van der Waals surface area contributed by atoms with Gasteiger partial charge in [-0.1, -0.05) is 13.8 Å². The van der Waals surface area contributed by atoms with E-state index in [9.17, 15) is 9.59 Å². The zero-order valence-electron chi connectivity index (χ0n) is 7.83. The van der Waals surface area contributed by atoms with Crippen LogP contribution in [0, 0.1) is 5.92 Å². The Balaban J connectivity index is 2.98. The van der Waals surface area contributed by atoms with Crippen molar-refractivity contribution in [3.05, 3.63) is 23.4 Å². The van der Waals surface area contributed by atoms with Crippen LogP contribution < -0.4 is 5.73 Å². The van der Waals surface area contributed by atoms with Crippen molar-refractivity contribution in [2.45, 2.75) is 20.3 Å². The molecule has 1 rings (SSSR count). The largest absolute Gasteiger partial charge is 0.395 e. The van der Waals surface area contributed by atoms with Crippen LogP contribution in [0.15, 0.2) is 23.4 Å². The second-order valence-corrected chi connectivity index (χ2v) is 3.24. The molecule has 0 aromatic carbocycles. The SMILES string of the molecule is CCC(C)C1=CC(=O)C=C(N)C1=O. The standard InChI is InChI=1S/C10H13NO2/c1-3-6(2)8-4-7(12)5-9(11)10(8)13/h4-6H,3,11H2,1-2H3. The van der Waals surface area contributed by atoms with Crippen LogP contribution in [-0.4, -0.2) is 11.6 Å². The van der Waals surface area contributed by atoms with E-state index in [4.69, 9.17) is 5.73 Å². The molecule has 0 heterocycles. The molecule has 0 amide bonds. The van der Waals surface area contributed by atoms with E-state index in [1.54, 1.807) is 0 Å². The van der Waals surface area contributed by atoms with Crippen LogP contribution in [0.1, 0.15) is 20.3 Å². The maximum atomic E-state index is 11.5. The van der Waals surface area contributed by atoms with Gasteiger partial charge in [0.15, 0.2) is 5.78 Å². The topological polar surface area (TPSA) is 60.2 Å². The molecule has 0 bridgehead atoms. The smallest absolute Gasteiger partial charge is 0.205 e. The predicted molar refractivity (Wildman–Crippen MR) is 49.8 cm³/mol. The van der Waals surface area contributed by atoms with Gasteiger partial charge in [0.05, 0.1) is 5.70 Å². The Morgan fingerprint density at radius 1 is 1.38 bits per heavy atom. The van der Waals surface area contributed by atoms with Crippen LogP contribution in [-0.2, 0) is 9.59 Å². The van der Waals surface area contributed by atoms with E-state index >= 15 is 0 Å². The second-order valence-electron chi connectivity index (χ2n) is 3.24. The summed E-state index contributed by atoms with van der Waals surface area (Å²) in [6.45, 7) is 3.88. The summed E-state index contributed by atoms with van der Waals surface area (Å²) in [5.41, 5.74) is 5.99. The highest BCUT2D eigenvalue weighted by Crippen LogP contribution is 2.20. The van der Waals surface area contributed by atoms with Crippen molar-refractivity contribution in [1.82, 2.24) is 0 Å². The molecule has 2 N–H and O–H groups in total. The van der Waals surface area contributed by atoms with E-state index in [1.807, 2.05) is 13.8 Å². The Bertz CT molecular complexity index is 313. The van der Waals surface area contributed by atoms with Crippen LogP contribution in [0.5, 0.6) is 0 Å². The first-order chi connectivity index (χ1) is 6.06. The van der Waals surface area contributed by atoms with Crippen LogP contribution in [0.4, 0.5) is 0 Å². The molecule has 13 heavy (non-hydrogen) atoms. The molecule has 1 aliphatic carbocycles. The van der Waals surface area contributed by atoms with Gasteiger partial charge in [0, 0.05) is 11.6 Å². The van der Waals surface area contributed by atoms with Crippen LogP contribution in [0.3, 0.4) is 0 Å². The molecule has 0 aliphatic heterocycles. The Kier molecular flexibility index (Phi) is 2.66. The summed E-state index contributed by atoms with van der Waals surface area (Å²) in [6.07, 6.45) is 3.39. The molecule has 1 unspecified atom stereocenters. The highest BCUT2D eigenvalue weighted by atomic mass is 16.1. The Hall–Kier alpha value is -1.38. The summed E-state index contributed by atoms with van der Waals surface area (Å²) in [7, 11) is 0. The van der Waals surface area contributed by atoms with Crippen molar-refractivity contribution in [2.24, 2.45) is 11.7 Å². The van der Waals surface area contributed by atoms with Crippen molar-refractivity contribution in [3.8, 4) is 0 Å². The van der Waals surface area contributed by atoms with Crippen molar-refractivity contribution in [1.29, 1.82) is 0 Å². The Morgan fingerprint density at radius 2 is 2.00 bits per heavy atom. The first kappa shape index (κ1) is 9.71. The van der Waals surface area contributed by atoms with Crippen LogP contribution in [0.2, 0.25) is 0 Å². The zero-order valence-corrected chi connectivity index (χ0v) is 7.83. The number of ketones is 2. The Morgan fingerprint density at radius 3 is 2.54 bits per heavy atom. The van der Waals surface area contributed by atoms with E-state index < -0.39 is 0 Å². The summed E-state index contributed by atoms with van der Waals surface area (Å²) >= 11 is 0. The van der Waals surface area contributed by atoms with Crippen molar-refractivity contribution >= 4 is 11.6 Å². The predicted octanol–water partition coefficient (Wildman–Crippen LogP) is 0.953. The minimum absolute atomic E-state index is 0.0581. The van der Waals surface area contributed by atoms with Crippen LogP contribution in [0.25, 0.3) is 0 Å². The first-order valence-corrected chi connectivity index (χ1v) is 4.33. The van der Waals surface area contributed by atoms with Gasteiger partial charge in [0.25, 0.3) is 0 Å². The van der Waals surface area contributed by atoms with Crippen molar-refractivity contribution < 1.29 is 9.59 Å². The van der Waals surface area contributed by atoms with E-state index in [1.165, 1.54) is 12.2 Å². The molecule has 1 atom stereocenters. The number of allylic oxidation sites excluding steroid dienone is 3. The number of hydrogen-bond donors (Lipinski definition) is 1. The third-order valence-electron chi connectivity index (χ3n) is 2.26. The number of Topliss-reactive ketones (excluding diaryl/α,β-unsaturated/α-hetero) is 1. The van der Waals surface area contributed by atoms with E-state index in [-0.39, 0.29) is 23.2 Å². The lowest BCUT2D eigenvalue weighted by molar-refractivity contribution is -0.115. The average molecular weight is 179 g/mol. The van der Waals surface area contributed by atoms with Gasteiger partial charge in [-0.2, -0.15) is 0 Å². The molecule has 0 saturated heterocycles. The molecule has 1 aliphatic rings. The van der Waals surface area contributed by atoms with Gasteiger partial charge < -0.3 is 5.73 Å². The number of hydrogen-bond acceptors (Lipinski definition) is 3. The van der Waals surface area contributed by atoms with E-state index in [0.29, 0.717) is 5.57 Å². The van der Waals surface area contributed by atoms with Gasteiger partial charge in [-0.05, 0) is 18.4 Å². The molecule has 0 radical (unpaired) electrons. The summed E-state index contributed by atoms with van der Waals surface area (Å²) in [5, 5.41) is 0. The molecule has 3 nitrogen and oxygen atoms in total. The monoisotopic (exact) mass is 179 g/mol. The fourth-order valence-corrected chi connectivity index (χ4v) is 1.23. The molecule has 3 heteroatoms. The molecular weight excluding hydrogens is 166 g/mol. The van der Waals surface area contributed by atoms with Crippen LogP contribution >= 0.6 is 0 Å². The maximum absolute atomic E-state index is 11.5. The average Bonchev–Trinajstić information content (AvgIpc) is 2.10. The lowest BCUT2D eigenvalue weighted by Gasteiger charge is -2.15. The number of carbonyl (C=O) groups excluding carboxylic acids is 2. The summed E-state index contributed by atoms with van der Waals surface area (Å²) < 4.78 is 0. The highest BCUT2D eigenvalue weighted by Gasteiger charge is 2.22. The Labute approximate surface area is 77.3 Å². The minimum Gasteiger partial charge on any atom is -0.395 e. The lowest BCUT2D eigenvalue weighted by atomic mass is 9.89. The minimum atomic E-state index is -0.200. The molecule has 0 spiro atoms. The van der Waals surface area contributed by atoms with Gasteiger partial charge in [-0.15, -0.1) is 0 Å². The summed E-state index contributed by atoms with van der Waals surface area (Å²) in [6, 6.07) is 0. The van der Waals surface area contributed by atoms with E-state index in [2.05, 4.69) is 0 Å². The van der Waals surface area contributed by atoms with E-state index in [0.717, 1.165) is 6.42 Å².